The van der Waals surface area contributed by atoms with Gasteiger partial charge in [-0.2, -0.15) is 18.3 Å². The van der Waals surface area contributed by atoms with Crippen molar-refractivity contribution < 1.29 is 18.0 Å². The van der Waals surface area contributed by atoms with Crippen LogP contribution in [-0.4, -0.2) is 15.7 Å². The smallest absolute Gasteiger partial charge is 0.322 e. The first-order valence-corrected chi connectivity index (χ1v) is 8.34. The number of amides is 1. The molecule has 0 atom stereocenters. The summed E-state index contributed by atoms with van der Waals surface area (Å²) in [7, 11) is 0. The highest BCUT2D eigenvalue weighted by atomic mass is 79.9. The van der Waals surface area contributed by atoms with Crippen molar-refractivity contribution in [3.8, 4) is 5.69 Å². The Labute approximate surface area is 155 Å². The van der Waals surface area contributed by atoms with E-state index >= 15 is 0 Å². The van der Waals surface area contributed by atoms with Gasteiger partial charge in [-0.15, -0.1) is 0 Å². The highest BCUT2D eigenvalue weighted by molar-refractivity contribution is 9.10. The van der Waals surface area contributed by atoms with E-state index in [1.165, 1.54) is 12.1 Å². The van der Waals surface area contributed by atoms with Gasteiger partial charge in [0.2, 0.25) is 0 Å². The van der Waals surface area contributed by atoms with E-state index in [0.717, 1.165) is 16.4 Å². The first-order chi connectivity index (χ1) is 12.3. The number of hydrogen-bond donors (Lipinski definition) is 1. The monoisotopic (exact) mass is 423 g/mol. The highest BCUT2D eigenvalue weighted by Crippen LogP contribution is 2.34. The van der Waals surface area contributed by atoms with E-state index in [1.54, 1.807) is 36.4 Å². The molecule has 1 amide bonds. The number of halogens is 4. The molecule has 0 aliphatic heterocycles. The summed E-state index contributed by atoms with van der Waals surface area (Å²) >= 11 is 3.25. The van der Waals surface area contributed by atoms with Gasteiger partial charge in [-0.1, -0.05) is 39.7 Å². The van der Waals surface area contributed by atoms with Gasteiger partial charge < -0.3 is 5.32 Å². The summed E-state index contributed by atoms with van der Waals surface area (Å²) in [6, 6.07) is 13.0. The third kappa shape index (κ3) is 3.80. The lowest BCUT2D eigenvalue weighted by molar-refractivity contribution is -0.143. The Balaban J connectivity index is 2.02. The van der Waals surface area contributed by atoms with Crippen molar-refractivity contribution in [2.45, 2.75) is 13.1 Å². The van der Waals surface area contributed by atoms with Gasteiger partial charge in [-0.25, -0.2) is 4.68 Å². The number of alkyl halides is 3. The number of carbonyl (C=O) groups excluding carboxylic acids is 1. The zero-order valence-electron chi connectivity index (χ0n) is 13.5. The fourth-order valence-electron chi connectivity index (χ4n) is 2.43. The van der Waals surface area contributed by atoms with Crippen LogP contribution in [0.25, 0.3) is 5.69 Å². The summed E-state index contributed by atoms with van der Waals surface area (Å²) in [5.74, 6) is -0.881. The number of anilines is 1. The molecule has 0 bridgehead atoms. The number of carbonyl (C=O) groups is 1. The second kappa shape index (κ2) is 6.95. The molecule has 0 saturated carbocycles. The second-order valence-corrected chi connectivity index (χ2v) is 6.53. The van der Waals surface area contributed by atoms with Crippen LogP contribution in [0.2, 0.25) is 0 Å². The van der Waals surface area contributed by atoms with Crippen LogP contribution < -0.4 is 5.32 Å². The molecular formula is C18H13BrF3N3O. The maximum Gasteiger partial charge on any atom is 0.434 e. The minimum atomic E-state index is -4.74. The predicted molar refractivity (Wildman–Crippen MR) is 95.4 cm³/mol. The summed E-state index contributed by atoms with van der Waals surface area (Å²) in [6.07, 6.45) is -3.82. The fraction of sp³-hybridized carbons (Fsp3) is 0.111. The summed E-state index contributed by atoms with van der Waals surface area (Å²) in [4.78, 5) is 12.4. The molecule has 3 aromatic rings. The van der Waals surface area contributed by atoms with E-state index < -0.39 is 23.3 Å². The number of rotatable bonds is 3. The molecule has 0 aliphatic rings. The molecular weight excluding hydrogens is 411 g/mol. The molecule has 4 nitrogen and oxygen atoms in total. The molecule has 0 fully saturated rings. The van der Waals surface area contributed by atoms with Gasteiger partial charge in [-0.3, -0.25) is 4.79 Å². The van der Waals surface area contributed by atoms with E-state index in [-0.39, 0.29) is 5.69 Å². The Morgan fingerprint density at radius 1 is 1.15 bits per heavy atom. The Morgan fingerprint density at radius 3 is 2.46 bits per heavy atom. The SMILES string of the molecule is Cc1ccc(-n2ncc(C(=O)Nc3cccc(Br)c3)c2C(F)(F)F)cc1. The number of nitrogens with zero attached hydrogens (tertiary/aromatic N) is 2. The quantitative estimate of drug-likeness (QED) is 0.627. The lowest BCUT2D eigenvalue weighted by Gasteiger charge is -2.13. The van der Waals surface area contributed by atoms with Gasteiger partial charge >= 0.3 is 6.18 Å². The standard InChI is InChI=1S/C18H13BrF3N3O/c1-11-5-7-14(8-6-11)25-16(18(20,21)22)15(10-23-25)17(26)24-13-4-2-3-12(19)9-13/h2-10H,1H3,(H,24,26). The van der Waals surface area contributed by atoms with Crippen molar-refractivity contribution >= 4 is 27.5 Å². The largest absolute Gasteiger partial charge is 0.434 e. The van der Waals surface area contributed by atoms with Crippen LogP contribution in [-0.2, 0) is 6.18 Å². The Bertz CT molecular complexity index is 949. The highest BCUT2D eigenvalue weighted by Gasteiger charge is 2.40. The van der Waals surface area contributed by atoms with E-state index in [0.29, 0.717) is 10.2 Å². The topological polar surface area (TPSA) is 46.9 Å². The minimum Gasteiger partial charge on any atom is -0.322 e. The third-order valence-electron chi connectivity index (χ3n) is 3.64. The maximum atomic E-state index is 13.6. The molecule has 134 valence electrons. The molecule has 26 heavy (non-hydrogen) atoms. The van der Waals surface area contributed by atoms with Crippen molar-refractivity contribution in [2.24, 2.45) is 0 Å². The average molecular weight is 424 g/mol. The molecule has 0 spiro atoms. The summed E-state index contributed by atoms with van der Waals surface area (Å²) < 4.78 is 42.3. The zero-order valence-corrected chi connectivity index (χ0v) is 15.1. The lowest BCUT2D eigenvalue weighted by Crippen LogP contribution is -2.20. The number of hydrogen-bond acceptors (Lipinski definition) is 2. The summed E-state index contributed by atoms with van der Waals surface area (Å²) in [5.41, 5.74) is -0.154. The number of nitrogens with one attached hydrogen (secondary N) is 1. The van der Waals surface area contributed by atoms with E-state index in [1.807, 2.05) is 6.92 Å². The molecule has 2 aromatic carbocycles. The molecule has 0 radical (unpaired) electrons. The normalized spacial score (nSPS) is 11.4. The fourth-order valence-corrected chi connectivity index (χ4v) is 2.83. The average Bonchev–Trinajstić information content (AvgIpc) is 3.01. The molecule has 1 aromatic heterocycles. The van der Waals surface area contributed by atoms with Crippen molar-refractivity contribution in [3.63, 3.8) is 0 Å². The van der Waals surface area contributed by atoms with E-state index in [2.05, 4.69) is 26.3 Å². The lowest BCUT2D eigenvalue weighted by atomic mass is 10.2. The summed E-state index contributed by atoms with van der Waals surface area (Å²) in [5, 5.41) is 6.25. The van der Waals surface area contributed by atoms with Crippen LogP contribution in [0.15, 0.2) is 59.2 Å². The summed E-state index contributed by atoms with van der Waals surface area (Å²) in [6.45, 7) is 1.83. The first-order valence-electron chi connectivity index (χ1n) is 7.55. The molecule has 3 rings (SSSR count). The van der Waals surface area contributed by atoms with Crippen molar-refractivity contribution in [3.05, 3.63) is 76.0 Å². The van der Waals surface area contributed by atoms with Gasteiger partial charge in [0.15, 0.2) is 5.69 Å². The van der Waals surface area contributed by atoms with Gasteiger partial charge in [0.25, 0.3) is 5.91 Å². The van der Waals surface area contributed by atoms with Gasteiger partial charge in [-0.05, 0) is 37.3 Å². The number of aryl methyl sites for hydroxylation is 1. The molecule has 0 aliphatic carbocycles. The maximum absolute atomic E-state index is 13.6. The predicted octanol–water partition coefficient (Wildman–Crippen LogP) is 5.21. The van der Waals surface area contributed by atoms with Crippen LogP contribution >= 0.6 is 15.9 Å². The van der Waals surface area contributed by atoms with E-state index in [9.17, 15) is 18.0 Å². The van der Waals surface area contributed by atoms with Crippen molar-refractivity contribution in [1.29, 1.82) is 0 Å². The van der Waals surface area contributed by atoms with Crippen molar-refractivity contribution in [2.75, 3.05) is 5.32 Å². The zero-order chi connectivity index (χ0) is 18.9. The van der Waals surface area contributed by atoms with Crippen LogP contribution in [0.1, 0.15) is 21.6 Å². The molecule has 1 heterocycles. The number of benzene rings is 2. The van der Waals surface area contributed by atoms with Crippen LogP contribution in [0.4, 0.5) is 18.9 Å². The molecule has 0 saturated heterocycles. The molecule has 1 N–H and O–H groups in total. The third-order valence-corrected chi connectivity index (χ3v) is 4.14. The van der Waals surface area contributed by atoms with Gasteiger partial charge in [0.1, 0.15) is 0 Å². The van der Waals surface area contributed by atoms with E-state index in [4.69, 9.17) is 0 Å². The minimum absolute atomic E-state index is 0.226. The van der Waals surface area contributed by atoms with Gasteiger partial charge in [0, 0.05) is 10.2 Å². The van der Waals surface area contributed by atoms with Crippen LogP contribution in [0.3, 0.4) is 0 Å². The number of aromatic nitrogens is 2. The van der Waals surface area contributed by atoms with Crippen LogP contribution in [0.5, 0.6) is 0 Å². The van der Waals surface area contributed by atoms with Crippen LogP contribution in [0, 0.1) is 6.92 Å². The molecule has 8 heteroatoms. The Hall–Kier alpha value is -2.61. The Kier molecular flexibility index (Phi) is 4.86. The van der Waals surface area contributed by atoms with Gasteiger partial charge in [0.05, 0.1) is 17.4 Å². The second-order valence-electron chi connectivity index (χ2n) is 5.62. The molecule has 0 unspecified atom stereocenters. The first kappa shape index (κ1) is 18.2. The van der Waals surface area contributed by atoms with Crippen molar-refractivity contribution in [1.82, 2.24) is 9.78 Å². The Morgan fingerprint density at radius 2 is 1.85 bits per heavy atom.